The minimum absolute atomic E-state index is 0.0337. The molecule has 0 aliphatic heterocycles. The van der Waals surface area contributed by atoms with E-state index in [0.29, 0.717) is 11.1 Å². The highest BCUT2D eigenvalue weighted by atomic mass is 16.5. The van der Waals surface area contributed by atoms with Crippen LogP contribution in [0.1, 0.15) is 27.0 Å². The lowest BCUT2D eigenvalue weighted by atomic mass is 9.96. The topological polar surface area (TPSA) is 26.3 Å². The molecule has 0 spiro atoms. The predicted octanol–water partition coefficient (Wildman–Crippen LogP) is 3.54. The quantitative estimate of drug-likeness (QED) is 0.767. The Labute approximate surface area is 107 Å². The maximum atomic E-state index is 12.4. The molecular formula is C16H16O2. The van der Waals surface area contributed by atoms with E-state index in [4.69, 9.17) is 4.74 Å². The maximum Gasteiger partial charge on any atom is 0.193 e. The average molecular weight is 240 g/mol. The summed E-state index contributed by atoms with van der Waals surface area (Å²) < 4.78 is 5.35. The van der Waals surface area contributed by atoms with Crippen molar-refractivity contribution in [3.63, 3.8) is 0 Å². The first-order chi connectivity index (χ1) is 8.65. The summed E-state index contributed by atoms with van der Waals surface area (Å²) in [4.78, 5) is 12.4. The Morgan fingerprint density at radius 2 is 1.67 bits per heavy atom. The lowest BCUT2D eigenvalue weighted by molar-refractivity contribution is 0.103. The first kappa shape index (κ1) is 12.4. The predicted molar refractivity (Wildman–Crippen MR) is 72.3 cm³/mol. The third kappa shape index (κ3) is 2.14. The van der Waals surface area contributed by atoms with Gasteiger partial charge in [-0.25, -0.2) is 0 Å². The van der Waals surface area contributed by atoms with Crippen LogP contribution in [0.15, 0.2) is 42.5 Å². The van der Waals surface area contributed by atoms with Crippen molar-refractivity contribution >= 4 is 5.78 Å². The van der Waals surface area contributed by atoms with Crippen molar-refractivity contribution in [1.29, 1.82) is 0 Å². The summed E-state index contributed by atoms with van der Waals surface area (Å²) in [7, 11) is 1.63. The van der Waals surface area contributed by atoms with Gasteiger partial charge in [0.25, 0.3) is 0 Å². The lowest BCUT2D eigenvalue weighted by Crippen LogP contribution is -2.05. The molecule has 0 aliphatic rings. The van der Waals surface area contributed by atoms with E-state index in [0.717, 1.165) is 16.9 Å². The number of carbonyl (C=O) groups excluding carboxylic acids is 1. The second-order valence-corrected chi connectivity index (χ2v) is 4.28. The smallest absolute Gasteiger partial charge is 0.193 e. The molecule has 2 rings (SSSR count). The molecule has 0 heterocycles. The molecule has 2 nitrogen and oxygen atoms in total. The Morgan fingerprint density at radius 1 is 1.00 bits per heavy atom. The van der Waals surface area contributed by atoms with Gasteiger partial charge in [0.2, 0.25) is 0 Å². The zero-order valence-corrected chi connectivity index (χ0v) is 10.9. The Bertz CT molecular complexity index is 571. The minimum Gasteiger partial charge on any atom is -0.496 e. The summed E-state index contributed by atoms with van der Waals surface area (Å²) in [6, 6.07) is 13.1. The molecular weight excluding hydrogens is 224 g/mol. The zero-order valence-electron chi connectivity index (χ0n) is 10.9. The number of hydrogen-bond acceptors (Lipinski definition) is 2. The van der Waals surface area contributed by atoms with Crippen molar-refractivity contribution in [2.45, 2.75) is 13.8 Å². The molecule has 2 aromatic carbocycles. The van der Waals surface area contributed by atoms with Crippen molar-refractivity contribution < 1.29 is 9.53 Å². The summed E-state index contributed by atoms with van der Waals surface area (Å²) in [5.41, 5.74) is 3.33. The van der Waals surface area contributed by atoms with Gasteiger partial charge in [-0.05, 0) is 19.4 Å². The van der Waals surface area contributed by atoms with Crippen LogP contribution in [-0.2, 0) is 0 Å². The summed E-state index contributed by atoms with van der Waals surface area (Å²) in [5.74, 6) is 0.822. The molecule has 0 saturated heterocycles. The normalized spacial score (nSPS) is 10.2. The van der Waals surface area contributed by atoms with Gasteiger partial charge < -0.3 is 4.74 Å². The number of carbonyl (C=O) groups is 1. The van der Waals surface area contributed by atoms with Gasteiger partial charge >= 0.3 is 0 Å². The van der Waals surface area contributed by atoms with Gasteiger partial charge in [-0.3, -0.25) is 4.79 Å². The van der Waals surface area contributed by atoms with E-state index in [9.17, 15) is 4.79 Å². The summed E-state index contributed by atoms with van der Waals surface area (Å²) in [6.45, 7) is 3.89. The first-order valence-electron chi connectivity index (χ1n) is 5.89. The second kappa shape index (κ2) is 5.05. The number of rotatable bonds is 3. The van der Waals surface area contributed by atoms with Gasteiger partial charge in [-0.2, -0.15) is 0 Å². The molecule has 0 radical (unpaired) electrons. The lowest BCUT2D eigenvalue weighted by Gasteiger charge is -2.12. The Hall–Kier alpha value is -2.09. The van der Waals surface area contributed by atoms with Crippen LogP contribution in [-0.4, -0.2) is 12.9 Å². The Morgan fingerprint density at radius 3 is 2.28 bits per heavy atom. The monoisotopic (exact) mass is 240 g/mol. The van der Waals surface area contributed by atoms with Gasteiger partial charge in [0.1, 0.15) is 5.75 Å². The van der Waals surface area contributed by atoms with Crippen LogP contribution < -0.4 is 4.74 Å². The van der Waals surface area contributed by atoms with Gasteiger partial charge in [0.05, 0.1) is 7.11 Å². The molecule has 0 amide bonds. The van der Waals surface area contributed by atoms with Crippen LogP contribution in [0.5, 0.6) is 5.75 Å². The molecule has 0 aromatic heterocycles. The number of ether oxygens (including phenoxy) is 1. The van der Waals surface area contributed by atoms with Crippen LogP contribution in [0.2, 0.25) is 0 Å². The largest absolute Gasteiger partial charge is 0.496 e. The fourth-order valence-electron chi connectivity index (χ4n) is 2.13. The number of benzene rings is 2. The third-order valence-electron chi connectivity index (χ3n) is 3.09. The molecule has 0 N–H and O–H groups in total. The van der Waals surface area contributed by atoms with Gasteiger partial charge in [-0.15, -0.1) is 0 Å². The summed E-state index contributed by atoms with van der Waals surface area (Å²) in [5, 5.41) is 0. The maximum absolute atomic E-state index is 12.4. The van der Waals surface area contributed by atoms with Gasteiger partial charge in [0, 0.05) is 16.7 Å². The molecule has 0 aliphatic carbocycles. The fourth-order valence-corrected chi connectivity index (χ4v) is 2.13. The van der Waals surface area contributed by atoms with E-state index in [1.165, 1.54) is 0 Å². The second-order valence-electron chi connectivity index (χ2n) is 4.28. The van der Waals surface area contributed by atoms with E-state index in [-0.39, 0.29) is 5.78 Å². The van der Waals surface area contributed by atoms with E-state index in [1.54, 1.807) is 7.11 Å². The molecule has 0 fully saturated rings. The highest BCUT2D eigenvalue weighted by Gasteiger charge is 2.15. The molecule has 0 saturated carbocycles. The van der Waals surface area contributed by atoms with E-state index in [2.05, 4.69) is 0 Å². The molecule has 2 aromatic rings. The summed E-state index contributed by atoms with van der Waals surface area (Å²) in [6.07, 6.45) is 0. The van der Waals surface area contributed by atoms with Crippen molar-refractivity contribution in [3.8, 4) is 5.75 Å². The molecule has 0 bridgehead atoms. The van der Waals surface area contributed by atoms with Crippen LogP contribution in [0.4, 0.5) is 0 Å². The molecule has 0 unspecified atom stereocenters. The van der Waals surface area contributed by atoms with Gasteiger partial charge in [-0.1, -0.05) is 42.5 Å². The number of methoxy groups -OCH3 is 1. The number of aryl methyl sites for hydroxylation is 1. The minimum atomic E-state index is 0.0337. The van der Waals surface area contributed by atoms with Crippen LogP contribution in [0.25, 0.3) is 0 Å². The summed E-state index contributed by atoms with van der Waals surface area (Å²) >= 11 is 0. The van der Waals surface area contributed by atoms with E-state index in [1.807, 2.05) is 56.3 Å². The van der Waals surface area contributed by atoms with Crippen molar-refractivity contribution in [2.75, 3.05) is 7.11 Å². The number of ketones is 1. The molecule has 18 heavy (non-hydrogen) atoms. The van der Waals surface area contributed by atoms with E-state index >= 15 is 0 Å². The highest BCUT2D eigenvalue weighted by Crippen LogP contribution is 2.27. The van der Waals surface area contributed by atoms with E-state index < -0.39 is 0 Å². The van der Waals surface area contributed by atoms with Gasteiger partial charge in [0.15, 0.2) is 5.78 Å². The SMILES string of the molecule is COc1c(C)ccc(C(=O)c2ccccc2)c1C. The highest BCUT2D eigenvalue weighted by molar-refractivity contribution is 6.10. The Balaban J connectivity index is 2.50. The molecule has 2 heteroatoms. The molecule has 92 valence electrons. The zero-order chi connectivity index (χ0) is 13.1. The number of hydrogen-bond donors (Lipinski definition) is 0. The van der Waals surface area contributed by atoms with Crippen LogP contribution >= 0.6 is 0 Å². The average Bonchev–Trinajstić information content (AvgIpc) is 2.40. The van der Waals surface area contributed by atoms with Crippen molar-refractivity contribution in [3.05, 3.63) is 64.7 Å². The van der Waals surface area contributed by atoms with Crippen LogP contribution in [0.3, 0.4) is 0 Å². The molecule has 0 atom stereocenters. The van der Waals surface area contributed by atoms with Crippen molar-refractivity contribution in [2.24, 2.45) is 0 Å². The van der Waals surface area contributed by atoms with Crippen LogP contribution in [0, 0.1) is 13.8 Å². The first-order valence-corrected chi connectivity index (χ1v) is 5.89. The third-order valence-corrected chi connectivity index (χ3v) is 3.09. The standard InChI is InChI=1S/C16H16O2/c1-11-9-10-14(12(2)16(11)18-3)15(17)13-7-5-4-6-8-13/h4-10H,1-3H3. The Kier molecular flexibility index (Phi) is 3.47. The van der Waals surface area contributed by atoms with Crippen molar-refractivity contribution in [1.82, 2.24) is 0 Å². The fraction of sp³-hybridized carbons (Fsp3) is 0.188.